The third-order valence-corrected chi connectivity index (χ3v) is 2.37. The Morgan fingerprint density at radius 1 is 1.29 bits per heavy atom. The Labute approximate surface area is 97.7 Å². The zero-order valence-corrected chi connectivity index (χ0v) is 9.24. The molecule has 90 valence electrons. The molecular weight excluding hydrogens is 222 g/mol. The molecule has 1 heterocycles. The molecule has 0 spiro atoms. The lowest BCUT2D eigenvalue weighted by molar-refractivity contribution is 0.146. The summed E-state index contributed by atoms with van der Waals surface area (Å²) in [5.41, 5.74) is 6.37. The summed E-state index contributed by atoms with van der Waals surface area (Å²) in [6.07, 6.45) is -0.761. The maximum absolute atomic E-state index is 9.30. The SMILES string of the molecule is C[C@@H](O)[C@H](N)c1nc(-c2ccc(O)cc2)no1. The summed E-state index contributed by atoms with van der Waals surface area (Å²) >= 11 is 0. The van der Waals surface area contributed by atoms with Crippen LogP contribution in [0.2, 0.25) is 0 Å². The van der Waals surface area contributed by atoms with Crippen molar-refractivity contribution in [3.05, 3.63) is 30.2 Å². The quantitative estimate of drug-likeness (QED) is 0.727. The maximum Gasteiger partial charge on any atom is 0.246 e. The zero-order chi connectivity index (χ0) is 12.4. The average Bonchev–Trinajstić information content (AvgIpc) is 2.78. The number of aromatic hydroxyl groups is 1. The van der Waals surface area contributed by atoms with Gasteiger partial charge in [-0.25, -0.2) is 0 Å². The van der Waals surface area contributed by atoms with Crippen LogP contribution in [-0.2, 0) is 0 Å². The molecule has 0 saturated heterocycles. The molecule has 0 saturated carbocycles. The van der Waals surface area contributed by atoms with Gasteiger partial charge in [0.05, 0.1) is 6.10 Å². The first-order valence-electron chi connectivity index (χ1n) is 5.14. The molecular formula is C11H13N3O3. The number of aromatic nitrogens is 2. The minimum Gasteiger partial charge on any atom is -0.508 e. The molecule has 0 aliphatic heterocycles. The van der Waals surface area contributed by atoms with E-state index in [1.807, 2.05) is 0 Å². The van der Waals surface area contributed by atoms with Crippen molar-refractivity contribution in [1.29, 1.82) is 0 Å². The highest BCUT2D eigenvalue weighted by Crippen LogP contribution is 2.21. The summed E-state index contributed by atoms with van der Waals surface area (Å²) < 4.78 is 4.96. The first kappa shape index (κ1) is 11.6. The summed E-state index contributed by atoms with van der Waals surface area (Å²) in [7, 11) is 0. The van der Waals surface area contributed by atoms with Gasteiger partial charge in [0, 0.05) is 5.56 Å². The van der Waals surface area contributed by atoms with Gasteiger partial charge >= 0.3 is 0 Å². The van der Waals surface area contributed by atoms with E-state index in [1.54, 1.807) is 19.1 Å². The second-order valence-corrected chi connectivity index (χ2v) is 3.77. The summed E-state index contributed by atoms with van der Waals surface area (Å²) in [6, 6.07) is 5.68. The van der Waals surface area contributed by atoms with Crippen LogP contribution in [0.5, 0.6) is 5.75 Å². The number of nitrogens with zero attached hydrogens (tertiary/aromatic N) is 2. The average molecular weight is 235 g/mol. The van der Waals surface area contributed by atoms with E-state index >= 15 is 0 Å². The van der Waals surface area contributed by atoms with E-state index in [1.165, 1.54) is 12.1 Å². The molecule has 4 N–H and O–H groups in total. The largest absolute Gasteiger partial charge is 0.508 e. The molecule has 1 aromatic carbocycles. The van der Waals surface area contributed by atoms with Gasteiger partial charge in [0.25, 0.3) is 0 Å². The molecule has 0 bridgehead atoms. The van der Waals surface area contributed by atoms with Crippen LogP contribution in [0.25, 0.3) is 11.4 Å². The molecule has 0 aliphatic rings. The van der Waals surface area contributed by atoms with Crippen LogP contribution in [-0.4, -0.2) is 26.5 Å². The predicted molar refractivity (Wildman–Crippen MR) is 60.0 cm³/mol. The van der Waals surface area contributed by atoms with Crippen LogP contribution in [0.1, 0.15) is 18.9 Å². The third kappa shape index (κ3) is 2.43. The fourth-order valence-corrected chi connectivity index (χ4v) is 1.30. The molecule has 6 heteroatoms. The predicted octanol–water partition coefficient (Wildman–Crippen LogP) is 0.823. The van der Waals surface area contributed by atoms with Crippen LogP contribution in [0, 0.1) is 0 Å². The van der Waals surface area contributed by atoms with Crippen molar-refractivity contribution in [2.75, 3.05) is 0 Å². The Morgan fingerprint density at radius 3 is 2.53 bits per heavy atom. The normalized spacial score (nSPS) is 14.5. The number of phenols is 1. The van der Waals surface area contributed by atoms with Gasteiger partial charge in [-0.1, -0.05) is 5.16 Å². The van der Waals surface area contributed by atoms with E-state index in [0.29, 0.717) is 11.4 Å². The van der Waals surface area contributed by atoms with Crippen molar-refractivity contribution in [3.63, 3.8) is 0 Å². The highest BCUT2D eigenvalue weighted by atomic mass is 16.5. The van der Waals surface area contributed by atoms with Crippen molar-refractivity contribution >= 4 is 0 Å². The standard InChI is InChI=1S/C11H13N3O3/c1-6(15)9(12)11-13-10(14-17-11)7-2-4-8(16)5-3-7/h2-6,9,15-16H,12H2,1H3/t6-,9+/m1/s1. The molecule has 0 unspecified atom stereocenters. The Bertz CT molecular complexity index is 493. The van der Waals surface area contributed by atoms with Crippen molar-refractivity contribution < 1.29 is 14.7 Å². The smallest absolute Gasteiger partial charge is 0.246 e. The van der Waals surface area contributed by atoms with E-state index in [9.17, 15) is 5.11 Å². The summed E-state index contributed by atoms with van der Waals surface area (Å²) in [4.78, 5) is 4.09. The Morgan fingerprint density at radius 2 is 1.94 bits per heavy atom. The summed E-state index contributed by atoms with van der Waals surface area (Å²) in [5, 5.41) is 22.2. The second kappa shape index (κ2) is 4.52. The van der Waals surface area contributed by atoms with Crippen molar-refractivity contribution in [3.8, 4) is 17.1 Å². The molecule has 6 nitrogen and oxygen atoms in total. The molecule has 0 aliphatic carbocycles. The van der Waals surface area contributed by atoms with Gasteiger partial charge in [-0.05, 0) is 31.2 Å². The van der Waals surface area contributed by atoms with Crippen LogP contribution in [0.4, 0.5) is 0 Å². The molecule has 2 rings (SSSR count). The van der Waals surface area contributed by atoms with Gasteiger partial charge in [-0.15, -0.1) is 0 Å². The van der Waals surface area contributed by atoms with Crippen molar-refractivity contribution in [2.45, 2.75) is 19.1 Å². The van der Waals surface area contributed by atoms with Gasteiger partial charge in [0.15, 0.2) is 0 Å². The molecule has 2 aromatic rings. The molecule has 2 atom stereocenters. The van der Waals surface area contributed by atoms with Crippen molar-refractivity contribution in [1.82, 2.24) is 10.1 Å². The summed E-state index contributed by atoms with van der Waals surface area (Å²) in [5.74, 6) is 0.720. The number of nitrogens with two attached hydrogens (primary N) is 1. The number of aliphatic hydroxyl groups is 1. The molecule has 0 fully saturated rings. The highest BCUT2D eigenvalue weighted by Gasteiger charge is 2.19. The molecule has 0 amide bonds. The first-order chi connectivity index (χ1) is 8.08. The molecule has 0 radical (unpaired) electrons. The Hall–Kier alpha value is -1.92. The van der Waals surface area contributed by atoms with E-state index in [-0.39, 0.29) is 11.6 Å². The van der Waals surface area contributed by atoms with E-state index in [0.717, 1.165) is 0 Å². The highest BCUT2D eigenvalue weighted by molar-refractivity contribution is 5.55. The van der Waals surface area contributed by atoms with Gasteiger partial charge in [-0.2, -0.15) is 4.98 Å². The minimum atomic E-state index is -0.761. The number of rotatable bonds is 3. The number of phenolic OH excluding ortho intramolecular Hbond substituents is 1. The minimum absolute atomic E-state index is 0.165. The maximum atomic E-state index is 9.30. The summed E-state index contributed by atoms with van der Waals surface area (Å²) in [6.45, 7) is 1.55. The number of benzene rings is 1. The fourth-order valence-electron chi connectivity index (χ4n) is 1.30. The first-order valence-corrected chi connectivity index (χ1v) is 5.14. The van der Waals surface area contributed by atoms with E-state index in [2.05, 4.69) is 10.1 Å². The van der Waals surface area contributed by atoms with Gasteiger partial charge in [0.2, 0.25) is 11.7 Å². The lowest BCUT2D eigenvalue weighted by atomic mass is 10.2. The molecule has 17 heavy (non-hydrogen) atoms. The topological polar surface area (TPSA) is 105 Å². The lowest BCUT2D eigenvalue weighted by Crippen LogP contribution is -2.23. The van der Waals surface area contributed by atoms with Gasteiger partial charge < -0.3 is 20.5 Å². The van der Waals surface area contributed by atoms with Crippen LogP contribution in [0.15, 0.2) is 28.8 Å². The van der Waals surface area contributed by atoms with E-state index in [4.69, 9.17) is 15.4 Å². The van der Waals surface area contributed by atoms with Gasteiger partial charge in [-0.3, -0.25) is 0 Å². The van der Waals surface area contributed by atoms with Crippen LogP contribution >= 0.6 is 0 Å². The fraction of sp³-hybridized carbons (Fsp3) is 0.273. The van der Waals surface area contributed by atoms with E-state index < -0.39 is 12.1 Å². The Kier molecular flexibility index (Phi) is 3.08. The Balaban J connectivity index is 2.26. The molecule has 1 aromatic heterocycles. The lowest BCUT2D eigenvalue weighted by Gasteiger charge is -2.08. The third-order valence-electron chi connectivity index (χ3n) is 2.37. The van der Waals surface area contributed by atoms with Crippen LogP contribution < -0.4 is 5.73 Å². The number of aliphatic hydroxyl groups excluding tert-OH is 1. The number of hydrogen-bond acceptors (Lipinski definition) is 6. The number of hydrogen-bond donors (Lipinski definition) is 3. The monoisotopic (exact) mass is 235 g/mol. The van der Waals surface area contributed by atoms with Gasteiger partial charge in [0.1, 0.15) is 11.8 Å². The second-order valence-electron chi connectivity index (χ2n) is 3.77. The van der Waals surface area contributed by atoms with Crippen molar-refractivity contribution in [2.24, 2.45) is 5.73 Å². The zero-order valence-electron chi connectivity index (χ0n) is 9.24. The van der Waals surface area contributed by atoms with Crippen LogP contribution in [0.3, 0.4) is 0 Å².